The van der Waals surface area contributed by atoms with E-state index in [1.807, 2.05) is 5.43 Å². The van der Waals surface area contributed by atoms with Gasteiger partial charge in [0.25, 0.3) is 0 Å². The number of amides is 2. The Morgan fingerprint density at radius 2 is 2.31 bits per heavy atom. The van der Waals surface area contributed by atoms with Crippen molar-refractivity contribution in [1.82, 2.24) is 5.43 Å². The van der Waals surface area contributed by atoms with Gasteiger partial charge in [0, 0.05) is 11.1 Å². The van der Waals surface area contributed by atoms with Gasteiger partial charge in [-0.05, 0) is 12.1 Å². The quantitative estimate of drug-likeness (QED) is 0.232. The summed E-state index contributed by atoms with van der Waals surface area (Å²) in [6.07, 6.45) is 5.26. The number of hydrazine groups is 2. The van der Waals surface area contributed by atoms with Gasteiger partial charge in [-0.1, -0.05) is 12.0 Å². The Labute approximate surface area is 92.8 Å². The van der Waals surface area contributed by atoms with Crippen LogP contribution in [0.25, 0.3) is 0 Å². The van der Waals surface area contributed by atoms with Crippen molar-refractivity contribution in [3.05, 3.63) is 29.3 Å². The van der Waals surface area contributed by atoms with Crippen LogP contribution in [-0.4, -0.2) is 11.1 Å². The molecular weight excluding hydrogens is 208 g/mol. The van der Waals surface area contributed by atoms with Gasteiger partial charge in [-0.2, -0.15) is 0 Å². The molecule has 0 aliphatic heterocycles. The molecule has 6 heteroatoms. The van der Waals surface area contributed by atoms with Crippen molar-refractivity contribution < 1.29 is 9.90 Å². The van der Waals surface area contributed by atoms with Crippen LogP contribution in [0.1, 0.15) is 11.1 Å². The van der Waals surface area contributed by atoms with Crippen LogP contribution in [0.4, 0.5) is 10.5 Å². The lowest BCUT2D eigenvalue weighted by Crippen LogP contribution is -2.48. The van der Waals surface area contributed by atoms with Crippen LogP contribution in [-0.2, 0) is 6.61 Å². The maximum absolute atomic E-state index is 11.2. The third kappa shape index (κ3) is 2.12. The van der Waals surface area contributed by atoms with Crippen LogP contribution in [0.5, 0.6) is 0 Å². The molecule has 0 saturated heterocycles. The average molecular weight is 220 g/mol. The van der Waals surface area contributed by atoms with Crippen LogP contribution in [0.2, 0.25) is 0 Å². The molecule has 6 N–H and O–H groups in total. The predicted molar refractivity (Wildman–Crippen MR) is 59.7 cm³/mol. The highest BCUT2D eigenvalue weighted by molar-refractivity contribution is 5.91. The fourth-order valence-corrected chi connectivity index (χ4v) is 1.28. The fourth-order valence-electron chi connectivity index (χ4n) is 1.28. The van der Waals surface area contributed by atoms with Crippen molar-refractivity contribution in [2.24, 2.45) is 11.7 Å². The molecule has 1 aromatic rings. The van der Waals surface area contributed by atoms with Gasteiger partial charge >= 0.3 is 6.03 Å². The highest BCUT2D eigenvalue weighted by Crippen LogP contribution is 2.21. The first-order chi connectivity index (χ1) is 7.65. The minimum absolute atomic E-state index is 0.306. The Bertz CT molecular complexity index is 439. The second-order valence-corrected chi connectivity index (χ2v) is 2.93. The molecule has 0 bridgehead atoms. The van der Waals surface area contributed by atoms with Gasteiger partial charge < -0.3 is 5.11 Å². The molecule has 0 aromatic heterocycles. The van der Waals surface area contributed by atoms with E-state index in [0.29, 0.717) is 16.8 Å². The Kier molecular flexibility index (Phi) is 3.85. The number of carbonyl (C=O) groups is 1. The summed E-state index contributed by atoms with van der Waals surface area (Å²) in [6, 6.07) is 4.13. The molecule has 0 saturated carbocycles. The molecule has 1 aromatic carbocycles. The number of anilines is 1. The molecule has 1 rings (SSSR count). The molecule has 0 aliphatic carbocycles. The number of rotatable bonds is 2. The monoisotopic (exact) mass is 220 g/mol. The van der Waals surface area contributed by atoms with Crippen molar-refractivity contribution >= 4 is 11.7 Å². The lowest BCUT2D eigenvalue weighted by atomic mass is 10.1. The number of hydrogen-bond acceptors (Lipinski definition) is 4. The number of benzene rings is 1. The summed E-state index contributed by atoms with van der Waals surface area (Å²) in [4.78, 5) is 11.2. The van der Waals surface area contributed by atoms with Gasteiger partial charge in [-0.3, -0.25) is 5.43 Å². The molecule has 2 amide bonds. The molecule has 6 nitrogen and oxygen atoms in total. The first-order valence-electron chi connectivity index (χ1n) is 4.40. The summed E-state index contributed by atoms with van der Waals surface area (Å²) in [5.41, 5.74) is 3.06. The van der Waals surface area contributed by atoms with Crippen molar-refractivity contribution in [2.45, 2.75) is 6.61 Å². The van der Waals surface area contributed by atoms with Gasteiger partial charge in [0.2, 0.25) is 0 Å². The van der Waals surface area contributed by atoms with Gasteiger partial charge in [0.15, 0.2) is 0 Å². The second-order valence-electron chi connectivity index (χ2n) is 2.93. The average Bonchev–Trinajstić information content (AvgIpc) is 2.35. The van der Waals surface area contributed by atoms with Crippen LogP contribution in [0.15, 0.2) is 18.2 Å². The third-order valence-corrected chi connectivity index (χ3v) is 2.07. The Balaban J connectivity index is 3.24. The largest absolute Gasteiger partial charge is 0.392 e. The Hall–Kier alpha value is -2.07. The van der Waals surface area contributed by atoms with E-state index in [9.17, 15) is 9.90 Å². The topological polar surface area (TPSA) is 105 Å². The molecule has 0 heterocycles. The molecule has 0 spiro atoms. The number of terminal acetylenes is 1. The Morgan fingerprint density at radius 3 is 2.81 bits per heavy atom. The van der Waals surface area contributed by atoms with E-state index in [2.05, 4.69) is 5.92 Å². The van der Waals surface area contributed by atoms with Crippen LogP contribution in [0.3, 0.4) is 0 Å². The zero-order chi connectivity index (χ0) is 12.1. The minimum Gasteiger partial charge on any atom is -0.392 e. The molecule has 0 unspecified atom stereocenters. The lowest BCUT2D eigenvalue weighted by Gasteiger charge is -2.19. The number of carbonyl (C=O) groups excluding carboxylic acids is 1. The maximum Gasteiger partial charge on any atom is 0.350 e. The van der Waals surface area contributed by atoms with Gasteiger partial charge in [0.1, 0.15) is 0 Å². The van der Waals surface area contributed by atoms with Crippen molar-refractivity contribution in [3.8, 4) is 12.3 Å². The normalized spacial score (nSPS) is 9.38. The minimum atomic E-state index is -0.705. The lowest BCUT2D eigenvalue weighted by molar-refractivity contribution is 0.246. The van der Waals surface area contributed by atoms with E-state index in [-0.39, 0.29) is 6.61 Å². The van der Waals surface area contributed by atoms with Crippen molar-refractivity contribution in [1.29, 1.82) is 0 Å². The molecule has 16 heavy (non-hydrogen) atoms. The zero-order valence-corrected chi connectivity index (χ0v) is 8.47. The molecule has 0 fully saturated rings. The smallest absolute Gasteiger partial charge is 0.350 e. The number of nitrogens with zero attached hydrogens (tertiary/aromatic N) is 1. The van der Waals surface area contributed by atoms with Crippen LogP contribution >= 0.6 is 0 Å². The van der Waals surface area contributed by atoms with E-state index >= 15 is 0 Å². The molecular formula is C10H12N4O2. The highest BCUT2D eigenvalue weighted by atomic mass is 16.3. The number of nitrogens with one attached hydrogen (secondary N) is 1. The van der Waals surface area contributed by atoms with Crippen LogP contribution in [0, 0.1) is 12.3 Å². The summed E-state index contributed by atoms with van der Waals surface area (Å²) in [5, 5.41) is 9.98. The SMILES string of the molecule is C#Cc1cccc(N(N)C(=O)NN)c1CO. The summed E-state index contributed by atoms with van der Waals surface area (Å²) in [6.45, 7) is -0.318. The fraction of sp³-hybridized carbons (Fsp3) is 0.100. The van der Waals surface area contributed by atoms with Crippen molar-refractivity contribution in [2.75, 3.05) is 5.01 Å². The third-order valence-electron chi connectivity index (χ3n) is 2.07. The number of nitrogens with two attached hydrogens (primary N) is 2. The Morgan fingerprint density at radius 1 is 1.62 bits per heavy atom. The zero-order valence-electron chi connectivity index (χ0n) is 8.47. The van der Waals surface area contributed by atoms with Gasteiger partial charge in [-0.15, -0.1) is 6.42 Å². The maximum atomic E-state index is 11.2. The van der Waals surface area contributed by atoms with E-state index in [4.69, 9.17) is 18.1 Å². The standard InChI is InChI=1S/C10H12N4O2/c1-2-7-4-3-5-9(8(7)6-15)14(12)10(16)13-11/h1,3-5,15H,6,11-12H2,(H,13,16). The molecule has 0 atom stereocenters. The number of urea groups is 1. The number of hydrogen-bond donors (Lipinski definition) is 4. The van der Waals surface area contributed by atoms with Gasteiger partial charge in [-0.25, -0.2) is 21.5 Å². The summed E-state index contributed by atoms with van der Waals surface area (Å²) >= 11 is 0. The highest BCUT2D eigenvalue weighted by Gasteiger charge is 2.15. The van der Waals surface area contributed by atoms with E-state index in [1.165, 1.54) is 0 Å². The summed E-state index contributed by atoms with van der Waals surface area (Å²) in [5.74, 6) is 12.9. The van der Waals surface area contributed by atoms with E-state index in [0.717, 1.165) is 5.01 Å². The van der Waals surface area contributed by atoms with Gasteiger partial charge in [0.05, 0.1) is 12.3 Å². The predicted octanol–water partition coefficient (Wildman–Crippen LogP) is -0.576. The second kappa shape index (κ2) is 5.14. The van der Waals surface area contributed by atoms with E-state index in [1.54, 1.807) is 18.2 Å². The first kappa shape index (κ1) is 12.0. The van der Waals surface area contributed by atoms with Crippen molar-refractivity contribution in [3.63, 3.8) is 0 Å². The summed E-state index contributed by atoms with van der Waals surface area (Å²) in [7, 11) is 0. The van der Waals surface area contributed by atoms with E-state index < -0.39 is 6.03 Å². The first-order valence-corrected chi connectivity index (χ1v) is 4.40. The molecule has 0 aliphatic rings. The summed E-state index contributed by atoms with van der Waals surface area (Å²) < 4.78 is 0. The number of aliphatic hydroxyl groups is 1. The van der Waals surface area contributed by atoms with Crippen LogP contribution < -0.4 is 22.1 Å². The number of aliphatic hydroxyl groups excluding tert-OH is 1. The molecule has 0 radical (unpaired) electrons. The molecule has 84 valence electrons.